The molecular formula is C15H20N4O2. The first kappa shape index (κ1) is 14.9. The van der Waals surface area contributed by atoms with Gasteiger partial charge in [-0.2, -0.15) is 0 Å². The highest BCUT2D eigenvalue weighted by atomic mass is 16.5. The van der Waals surface area contributed by atoms with Gasteiger partial charge in [0.15, 0.2) is 0 Å². The van der Waals surface area contributed by atoms with Crippen LogP contribution in [0.3, 0.4) is 0 Å². The predicted molar refractivity (Wildman–Crippen MR) is 80.8 cm³/mol. The van der Waals surface area contributed by atoms with E-state index < -0.39 is 0 Å². The molecule has 0 fully saturated rings. The van der Waals surface area contributed by atoms with Crippen molar-refractivity contribution in [2.24, 2.45) is 0 Å². The van der Waals surface area contributed by atoms with E-state index in [1.165, 1.54) is 0 Å². The number of carbonyl (C=O) groups excluding carboxylic acids is 1. The Morgan fingerprint density at radius 3 is 2.86 bits per heavy atom. The third kappa shape index (κ3) is 5.18. The average molecular weight is 288 g/mol. The second-order valence-corrected chi connectivity index (χ2v) is 4.90. The van der Waals surface area contributed by atoms with Gasteiger partial charge in [-0.1, -0.05) is 0 Å². The SMILES string of the molecule is CC(Cn1ccnc1)NC(=O)CCOc1ccc(N)cc1. The van der Waals surface area contributed by atoms with Crippen LogP contribution in [-0.4, -0.2) is 28.1 Å². The monoisotopic (exact) mass is 288 g/mol. The van der Waals surface area contributed by atoms with Crippen molar-refractivity contribution in [3.8, 4) is 5.75 Å². The fraction of sp³-hybridized carbons (Fsp3) is 0.333. The number of benzene rings is 1. The number of nitrogens with two attached hydrogens (primary N) is 1. The van der Waals surface area contributed by atoms with Gasteiger partial charge < -0.3 is 20.4 Å². The standard InChI is InChI=1S/C15H20N4O2/c1-12(10-19-8-7-17-11-19)18-15(20)6-9-21-14-4-2-13(16)3-5-14/h2-5,7-8,11-12H,6,9-10,16H2,1H3,(H,18,20). The molecule has 1 heterocycles. The number of carbonyl (C=O) groups is 1. The van der Waals surface area contributed by atoms with Gasteiger partial charge in [0.25, 0.3) is 0 Å². The van der Waals surface area contributed by atoms with E-state index >= 15 is 0 Å². The maximum absolute atomic E-state index is 11.8. The van der Waals surface area contributed by atoms with Crippen LogP contribution in [0.25, 0.3) is 0 Å². The summed E-state index contributed by atoms with van der Waals surface area (Å²) in [6, 6.07) is 7.15. The lowest BCUT2D eigenvalue weighted by molar-refractivity contribution is -0.122. The van der Waals surface area contributed by atoms with Crippen LogP contribution < -0.4 is 15.8 Å². The number of nitrogens with zero attached hydrogens (tertiary/aromatic N) is 2. The predicted octanol–water partition coefficient (Wildman–Crippen LogP) is 1.44. The molecule has 2 rings (SSSR count). The lowest BCUT2D eigenvalue weighted by atomic mass is 10.3. The van der Waals surface area contributed by atoms with Crippen molar-refractivity contribution in [3.63, 3.8) is 0 Å². The van der Waals surface area contributed by atoms with E-state index in [1.54, 1.807) is 36.8 Å². The highest BCUT2D eigenvalue weighted by Crippen LogP contribution is 2.13. The molecule has 0 spiro atoms. The Kier molecular flexibility index (Phi) is 5.20. The first-order valence-electron chi connectivity index (χ1n) is 6.87. The summed E-state index contributed by atoms with van der Waals surface area (Å²) in [5.74, 6) is 0.682. The second kappa shape index (κ2) is 7.33. The molecule has 0 saturated carbocycles. The van der Waals surface area contributed by atoms with Crippen molar-refractivity contribution in [1.82, 2.24) is 14.9 Å². The third-order valence-electron chi connectivity index (χ3n) is 2.93. The van der Waals surface area contributed by atoms with Crippen molar-refractivity contribution < 1.29 is 9.53 Å². The van der Waals surface area contributed by atoms with Crippen molar-refractivity contribution in [2.75, 3.05) is 12.3 Å². The minimum Gasteiger partial charge on any atom is -0.493 e. The van der Waals surface area contributed by atoms with Crippen LogP contribution in [0.5, 0.6) is 5.75 Å². The molecule has 1 atom stereocenters. The van der Waals surface area contributed by atoms with Crippen LogP contribution in [-0.2, 0) is 11.3 Å². The smallest absolute Gasteiger partial charge is 0.223 e. The van der Waals surface area contributed by atoms with Gasteiger partial charge in [-0.25, -0.2) is 4.98 Å². The Labute approximate surface area is 123 Å². The number of aromatic nitrogens is 2. The van der Waals surface area contributed by atoms with Gasteiger partial charge in [-0.15, -0.1) is 0 Å². The lowest BCUT2D eigenvalue weighted by Gasteiger charge is -2.14. The minimum atomic E-state index is -0.0296. The summed E-state index contributed by atoms with van der Waals surface area (Å²) in [6.45, 7) is 3.00. The number of hydrogen-bond acceptors (Lipinski definition) is 4. The molecule has 1 unspecified atom stereocenters. The number of nitrogens with one attached hydrogen (secondary N) is 1. The fourth-order valence-corrected chi connectivity index (χ4v) is 1.93. The molecule has 0 aliphatic carbocycles. The number of nitrogen functional groups attached to an aromatic ring is 1. The maximum atomic E-state index is 11.8. The molecule has 2 aromatic rings. The zero-order valence-corrected chi connectivity index (χ0v) is 12.0. The normalized spacial score (nSPS) is 11.9. The van der Waals surface area contributed by atoms with Gasteiger partial charge in [0.05, 0.1) is 19.4 Å². The van der Waals surface area contributed by atoms with Gasteiger partial charge in [-0.3, -0.25) is 4.79 Å². The van der Waals surface area contributed by atoms with Gasteiger partial charge in [0.2, 0.25) is 5.91 Å². The topological polar surface area (TPSA) is 82.2 Å². The molecule has 3 N–H and O–H groups in total. The van der Waals surface area contributed by atoms with E-state index in [0.717, 1.165) is 0 Å². The molecule has 1 amide bonds. The van der Waals surface area contributed by atoms with Gasteiger partial charge in [0.1, 0.15) is 5.75 Å². The maximum Gasteiger partial charge on any atom is 0.223 e. The van der Waals surface area contributed by atoms with Crippen LogP contribution in [0.1, 0.15) is 13.3 Å². The van der Waals surface area contributed by atoms with Crippen LogP contribution in [0.2, 0.25) is 0 Å². The summed E-state index contributed by atoms with van der Waals surface area (Å²) < 4.78 is 7.41. The third-order valence-corrected chi connectivity index (χ3v) is 2.93. The number of anilines is 1. The summed E-state index contributed by atoms with van der Waals surface area (Å²) in [5.41, 5.74) is 6.28. The Morgan fingerprint density at radius 1 is 1.43 bits per heavy atom. The summed E-state index contributed by atoms with van der Waals surface area (Å²) in [4.78, 5) is 15.8. The van der Waals surface area contributed by atoms with E-state index in [-0.39, 0.29) is 11.9 Å². The quantitative estimate of drug-likeness (QED) is 0.755. The second-order valence-electron chi connectivity index (χ2n) is 4.90. The van der Waals surface area contributed by atoms with E-state index in [0.29, 0.717) is 31.0 Å². The number of hydrogen-bond donors (Lipinski definition) is 2. The summed E-state index contributed by atoms with van der Waals surface area (Å²) in [7, 11) is 0. The Hall–Kier alpha value is -2.50. The highest BCUT2D eigenvalue weighted by molar-refractivity contribution is 5.76. The number of rotatable bonds is 7. The minimum absolute atomic E-state index is 0.0296. The molecule has 1 aromatic carbocycles. The van der Waals surface area contributed by atoms with Crippen LogP contribution in [0.15, 0.2) is 43.0 Å². The molecule has 1 aromatic heterocycles. The van der Waals surface area contributed by atoms with Gasteiger partial charge >= 0.3 is 0 Å². The first-order chi connectivity index (χ1) is 10.1. The molecule has 0 radical (unpaired) electrons. The summed E-state index contributed by atoms with van der Waals surface area (Å²) >= 11 is 0. The number of imidazole rings is 1. The van der Waals surface area contributed by atoms with Crippen molar-refractivity contribution >= 4 is 11.6 Å². The molecule has 0 bridgehead atoms. The molecule has 0 aliphatic heterocycles. The zero-order valence-electron chi connectivity index (χ0n) is 12.0. The molecule has 21 heavy (non-hydrogen) atoms. The van der Waals surface area contributed by atoms with E-state index in [9.17, 15) is 4.79 Å². The molecule has 0 aliphatic rings. The molecule has 6 heteroatoms. The van der Waals surface area contributed by atoms with Crippen molar-refractivity contribution in [2.45, 2.75) is 25.9 Å². The van der Waals surface area contributed by atoms with Crippen molar-refractivity contribution in [3.05, 3.63) is 43.0 Å². The summed E-state index contributed by atoms with van der Waals surface area (Å²) in [5, 5.41) is 2.93. The Balaban J connectivity index is 1.66. The Bertz CT molecular complexity index is 552. The Morgan fingerprint density at radius 2 is 2.19 bits per heavy atom. The first-order valence-corrected chi connectivity index (χ1v) is 6.87. The van der Waals surface area contributed by atoms with Gasteiger partial charge in [-0.05, 0) is 31.2 Å². The van der Waals surface area contributed by atoms with Crippen LogP contribution in [0, 0.1) is 0 Å². The number of amides is 1. The highest BCUT2D eigenvalue weighted by Gasteiger charge is 2.08. The van der Waals surface area contributed by atoms with E-state index in [4.69, 9.17) is 10.5 Å². The van der Waals surface area contributed by atoms with E-state index in [1.807, 2.05) is 17.7 Å². The molecule has 6 nitrogen and oxygen atoms in total. The molecule has 0 saturated heterocycles. The van der Waals surface area contributed by atoms with Crippen LogP contribution in [0.4, 0.5) is 5.69 Å². The number of ether oxygens (including phenoxy) is 1. The molecular weight excluding hydrogens is 268 g/mol. The fourth-order valence-electron chi connectivity index (χ4n) is 1.93. The van der Waals surface area contributed by atoms with Crippen molar-refractivity contribution in [1.29, 1.82) is 0 Å². The zero-order chi connectivity index (χ0) is 15.1. The van der Waals surface area contributed by atoms with Gasteiger partial charge in [0, 0.05) is 30.7 Å². The molecule has 112 valence electrons. The summed E-state index contributed by atoms with van der Waals surface area (Å²) in [6.07, 6.45) is 5.63. The lowest BCUT2D eigenvalue weighted by Crippen LogP contribution is -2.36. The van der Waals surface area contributed by atoms with Crippen LogP contribution >= 0.6 is 0 Å². The largest absolute Gasteiger partial charge is 0.493 e. The average Bonchev–Trinajstić information content (AvgIpc) is 2.93. The van der Waals surface area contributed by atoms with E-state index in [2.05, 4.69) is 10.3 Å².